The van der Waals surface area contributed by atoms with Gasteiger partial charge in [0, 0.05) is 0 Å². The fourth-order valence-electron chi connectivity index (χ4n) is 2.03. The number of aliphatic hydroxyl groups is 3. The minimum absolute atomic E-state index is 0.0416. The Balaban J connectivity index is 2.07. The van der Waals surface area contributed by atoms with E-state index >= 15 is 0 Å². The number of hydrogen-bond acceptors (Lipinski definition) is 9. The first kappa shape index (κ1) is 16.0. The fraction of sp³-hybridized carbons (Fsp3) is 0.800. The first-order chi connectivity index (χ1) is 9.82. The maximum atomic E-state index is 10.9. The number of carboxylic acids is 2. The molecule has 11 nitrogen and oxygen atoms in total. The number of carboxylic acid groups (broad SMARTS) is 2. The van der Waals surface area contributed by atoms with Crippen molar-refractivity contribution in [3.05, 3.63) is 0 Å². The molecular formula is C10H15NO10. The third kappa shape index (κ3) is 3.13. The third-order valence-corrected chi connectivity index (χ3v) is 3.11. The molecular weight excluding hydrogens is 294 g/mol. The van der Waals surface area contributed by atoms with Crippen molar-refractivity contribution in [1.82, 2.24) is 5.06 Å². The van der Waals surface area contributed by atoms with Crippen molar-refractivity contribution in [3.63, 3.8) is 0 Å². The number of rotatable bonds is 4. The molecule has 2 rings (SSSR count). The van der Waals surface area contributed by atoms with Crippen molar-refractivity contribution in [2.45, 2.75) is 36.9 Å². The van der Waals surface area contributed by atoms with E-state index in [0.717, 1.165) is 5.06 Å². The first-order valence-corrected chi connectivity index (χ1v) is 6.03. The maximum Gasteiger partial charge on any atom is 0.350 e. The van der Waals surface area contributed by atoms with Gasteiger partial charge in [0.2, 0.25) is 12.5 Å². The van der Waals surface area contributed by atoms with Gasteiger partial charge in [0.15, 0.2) is 6.10 Å². The molecule has 2 saturated heterocycles. The molecule has 2 aliphatic rings. The fourth-order valence-corrected chi connectivity index (χ4v) is 2.03. The predicted molar refractivity (Wildman–Crippen MR) is 59.5 cm³/mol. The van der Waals surface area contributed by atoms with Gasteiger partial charge in [-0.3, -0.25) is 4.84 Å². The van der Waals surface area contributed by atoms with E-state index in [1.165, 1.54) is 0 Å². The van der Waals surface area contributed by atoms with Crippen molar-refractivity contribution >= 4 is 11.9 Å². The van der Waals surface area contributed by atoms with Crippen molar-refractivity contribution in [1.29, 1.82) is 0 Å². The van der Waals surface area contributed by atoms with Crippen LogP contribution < -0.4 is 0 Å². The quantitative estimate of drug-likeness (QED) is 0.350. The van der Waals surface area contributed by atoms with Crippen LogP contribution in [0.1, 0.15) is 0 Å². The summed E-state index contributed by atoms with van der Waals surface area (Å²) in [6.45, 7) is 0.0905. The Kier molecular flexibility index (Phi) is 4.73. The van der Waals surface area contributed by atoms with Gasteiger partial charge in [-0.25, -0.2) is 9.59 Å². The van der Waals surface area contributed by atoms with Crippen molar-refractivity contribution in [3.8, 4) is 0 Å². The SMILES string of the molecule is O=C(O)[C@H]1OC(ON2CCO[C@H]2C(=O)O)[C@H](O)[C@@H](O)[C@@H]1O. The second kappa shape index (κ2) is 6.19. The lowest BCUT2D eigenvalue weighted by Gasteiger charge is -2.39. The van der Waals surface area contributed by atoms with Gasteiger partial charge in [0.1, 0.15) is 18.3 Å². The van der Waals surface area contributed by atoms with Crippen molar-refractivity contribution in [2.24, 2.45) is 0 Å². The number of carbonyl (C=O) groups is 2. The average molecular weight is 309 g/mol. The summed E-state index contributed by atoms with van der Waals surface area (Å²) < 4.78 is 9.72. The topological polar surface area (TPSA) is 166 Å². The highest BCUT2D eigenvalue weighted by Gasteiger charge is 2.49. The summed E-state index contributed by atoms with van der Waals surface area (Å²) in [5, 5.41) is 47.4. The monoisotopic (exact) mass is 309 g/mol. The van der Waals surface area contributed by atoms with Crippen LogP contribution in [-0.4, -0.2) is 92.6 Å². The van der Waals surface area contributed by atoms with E-state index in [0.29, 0.717) is 0 Å². The van der Waals surface area contributed by atoms with Gasteiger partial charge < -0.3 is 35.0 Å². The summed E-state index contributed by atoms with van der Waals surface area (Å²) in [6.07, 6.45) is -10.3. The van der Waals surface area contributed by atoms with Gasteiger partial charge in [-0.15, -0.1) is 5.06 Å². The molecule has 1 unspecified atom stereocenters. The summed E-state index contributed by atoms with van der Waals surface area (Å²) >= 11 is 0. The van der Waals surface area contributed by atoms with Crippen LogP contribution in [0.25, 0.3) is 0 Å². The van der Waals surface area contributed by atoms with Crippen molar-refractivity contribution < 1.29 is 49.4 Å². The number of nitrogens with zero attached hydrogens (tertiary/aromatic N) is 1. The normalized spacial score (nSPS) is 41.1. The zero-order valence-corrected chi connectivity index (χ0v) is 10.6. The molecule has 6 atom stereocenters. The van der Waals surface area contributed by atoms with E-state index in [4.69, 9.17) is 24.5 Å². The van der Waals surface area contributed by atoms with E-state index in [1.807, 2.05) is 0 Å². The number of hydrogen-bond donors (Lipinski definition) is 5. The smallest absolute Gasteiger partial charge is 0.350 e. The molecule has 11 heteroatoms. The predicted octanol–water partition coefficient (Wildman–Crippen LogP) is -3.45. The van der Waals surface area contributed by atoms with Crippen LogP contribution in [0.5, 0.6) is 0 Å². The zero-order valence-electron chi connectivity index (χ0n) is 10.6. The molecule has 0 aliphatic carbocycles. The maximum absolute atomic E-state index is 10.9. The highest BCUT2D eigenvalue weighted by molar-refractivity contribution is 5.73. The zero-order chi connectivity index (χ0) is 15.7. The van der Waals surface area contributed by atoms with E-state index in [1.54, 1.807) is 0 Å². The minimum atomic E-state index is -1.84. The first-order valence-electron chi connectivity index (χ1n) is 6.03. The third-order valence-electron chi connectivity index (χ3n) is 3.11. The van der Waals surface area contributed by atoms with Gasteiger partial charge in [-0.05, 0) is 0 Å². The molecule has 2 fully saturated rings. The minimum Gasteiger partial charge on any atom is -0.479 e. The molecule has 0 aromatic rings. The largest absolute Gasteiger partial charge is 0.479 e. The van der Waals surface area contributed by atoms with Crippen LogP contribution in [0.15, 0.2) is 0 Å². The number of aliphatic carboxylic acids is 2. The molecule has 120 valence electrons. The lowest BCUT2D eigenvalue weighted by Crippen LogP contribution is -2.61. The molecule has 0 saturated carbocycles. The van der Waals surface area contributed by atoms with Gasteiger partial charge in [0.25, 0.3) is 0 Å². The van der Waals surface area contributed by atoms with E-state index in [9.17, 15) is 24.9 Å². The van der Waals surface area contributed by atoms with Crippen LogP contribution in [0.4, 0.5) is 0 Å². The molecule has 21 heavy (non-hydrogen) atoms. The summed E-state index contributed by atoms with van der Waals surface area (Å²) in [7, 11) is 0. The van der Waals surface area contributed by atoms with E-state index < -0.39 is 48.9 Å². The molecule has 0 aromatic heterocycles. The van der Waals surface area contributed by atoms with Crippen LogP contribution >= 0.6 is 0 Å². The van der Waals surface area contributed by atoms with Gasteiger partial charge >= 0.3 is 11.9 Å². The molecule has 0 radical (unpaired) electrons. The number of aliphatic hydroxyl groups excluding tert-OH is 3. The summed E-state index contributed by atoms with van der Waals surface area (Å²) in [5.74, 6) is -2.90. The van der Waals surface area contributed by atoms with Crippen LogP contribution in [0, 0.1) is 0 Å². The second-order valence-corrected chi connectivity index (χ2v) is 4.54. The van der Waals surface area contributed by atoms with Crippen LogP contribution in [-0.2, 0) is 23.9 Å². The molecule has 0 aromatic carbocycles. The molecule has 0 spiro atoms. The Morgan fingerprint density at radius 3 is 2.29 bits per heavy atom. The summed E-state index contributed by atoms with van der Waals surface area (Å²) in [5.41, 5.74) is 0. The number of hydroxylamine groups is 2. The molecule has 0 amide bonds. The second-order valence-electron chi connectivity index (χ2n) is 4.54. The Morgan fingerprint density at radius 2 is 1.71 bits per heavy atom. The summed E-state index contributed by atoms with van der Waals surface area (Å²) in [6, 6.07) is 0. The molecule has 0 bridgehead atoms. The van der Waals surface area contributed by atoms with Crippen LogP contribution in [0.3, 0.4) is 0 Å². The Hall–Kier alpha value is -1.34. The van der Waals surface area contributed by atoms with Crippen LogP contribution in [0.2, 0.25) is 0 Å². The number of ether oxygens (including phenoxy) is 2. The average Bonchev–Trinajstić information content (AvgIpc) is 2.87. The Morgan fingerprint density at radius 1 is 1.05 bits per heavy atom. The van der Waals surface area contributed by atoms with Crippen molar-refractivity contribution in [2.75, 3.05) is 13.2 Å². The highest BCUT2D eigenvalue weighted by Crippen LogP contribution is 2.24. The van der Waals surface area contributed by atoms with Gasteiger partial charge in [-0.1, -0.05) is 0 Å². The molecule has 5 N–H and O–H groups in total. The highest BCUT2D eigenvalue weighted by atomic mass is 16.8. The molecule has 2 heterocycles. The Labute approximate surface area is 117 Å². The lowest BCUT2D eigenvalue weighted by molar-refractivity contribution is -0.364. The van der Waals surface area contributed by atoms with E-state index in [-0.39, 0.29) is 13.2 Å². The van der Waals surface area contributed by atoms with Gasteiger partial charge in [-0.2, -0.15) is 0 Å². The summed E-state index contributed by atoms with van der Waals surface area (Å²) in [4.78, 5) is 26.9. The lowest BCUT2D eigenvalue weighted by atomic mass is 9.99. The molecule has 2 aliphatic heterocycles. The Bertz CT molecular complexity index is 417. The standard InChI is InChI=1S/C10H15NO10/c12-3-4(13)6(8(15)16)20-10(5(3)14)21-11-1-2-19-7(11)9(17)18/h3-7,10,12-14H,1-2H2,(H,15,16)(H,17,18)/t3-,4-,5+,6-,7-,10?/m0/s1. The van der Waals surface area contributed by atoms with Gasteiger partial charge in [0.05, 0.1) is 13.2 Å². The van der Waals surface area contributed by atoms with E-state index in [2.05, 4.69) is 0 Å².